The molecule has 0 aliphatic carbocycles. The van der Waals surface area contributed by atoms with Crippen molar-refractivity contribution in [1.82, 2.24) is 9.62 Å². The summed E-state index contributed by atoms with van der Waals surface area (Å²) in [5.41, 5.74) is 5.54. The monoisotopic (exact) mass is 381 g/mol. The van der Waals surface area contributed by atoms with Gasteiger partial charge in [-0.1, -0.05) is 0 Å². The van der Waals surface area contributed by atoms with Gasteiger partial charge < -0.3 is 15.4 Å². The maximum absolute atomic E-state index is 12.1. The predicted octanol–water partition coefficient (Wildman–Crippen LogP) is 0.671. The molecule has 0 spiro atoms. The van der Waals surface area contributed by atoms with E-state index >= 15 is 0 Å². The molecule has 11 heteroatoms. The molecular weight excluding hydrogens is 363 g/mol. The lowest BCUT2D eigenvalue weighted by Gasteiger charge is -2.16. The fourth-order valence-corrected chi connectivity index (χ4v) is 3.40. The van der Waals surface area contributed by atoms with E-state index < -0.39 is 28.7 Å². The molecule has 1 heterocycles. The van der Waals surface area contributed by atoms with Crippen LogP contribution in [0.3, 0.4) is 0 Å². The molecule has 1 amide bonds. The molecule has 1 aromatic carbocycles. The summed E-state index contributed by atoms with van der Waals surface area (Å²) in [7, 11) is -4.02. The summed E-state index contributed by atoms with van der Waals surface area (Å²) in [4.78, 5) is 13.3. The lowest BCUT2D eigenvalue weighted by molar-refractivity contribution is -0.274. The molecule has 2 rings (SSSR count). The second-order valence-electron chi connectivity index (χ2n) is 5.57. The maximum Gasteiger partial charge on any atom is 0.573 e. The van der Waals surface area contributed by atoms with Gasteiger partial charge in [-0.2, -0.15) is 0 Å². The van der Waals surface area contributed by atoms with Gasteiger partial charge in [-0.15, -0.1) is 13.2 Å². The van der Waals surface area contributed by atoms with Gasteiger partial charge in [-0.25, -0.2) is 13.1 Å². The first-order chi connectivity index (χ1) is 11.6. The Morgan fingerprint density at radius 2 is 1.96 bits per heavy atom. The van der Waals surface area contributed by atoms with Gasteiger partial charge >= 0.3 is 6.36 Å². The van der Waals surface area contributed by atoms with Crippen molar-refractivity contribution >= 4 is 15.9 Å². The molecule has 0 radical (unpaired) electrons. The molecular formula is C14H18F3N3O4S. The number of nitrogens with zero attached hydrogens (tertiary/aromatic N) is 1. The Hall–Kier alpha value is -1.85. The molecule has 25 heavy (non-hydrogen) atoms. The highest BCUT2D eigenvalue weighted by Gasteiger charge is 2.31. The Balaban J connectivity index is 1.94. The minimum atomic E-state index is -4.86. The van der Waals surface area contributed by atoms with E-state index in [0.29, 0.717) is 19.6 Å². The molecule has 1 aliphatic rings. The number of sulfonamides is 1. The smallest absolute Gasteiger partial charge is 0.406 e. The number of nitrogens with two attached hydrogens (primary N) is 1. The number of benzene rings is 1. The minimum Gasteiger partial charge on any atom is -0.406 e. The van der Waals surface area contributed by atoms with Gasteiger partial charge in [0.25, 0.3) is 0 Å². The molecule has 1 unspecified atom stereocenters. The van der Waals surface area contributed by atoms with Crippen molar-refractivity contribution in [1.29, 1.82) is 0 Å². The average molecular weight is 381 g/mol. The van der Waals surface area contributed by atoms with Gasteiger partial charge in [0.2, 0.25) is 15.9 Å². The number of hydrogen-bond donors (Lipinski definition) is 2. The van der Waals surface area contributed by atoms with Gasteiger partial charge in [-0.05, 0) is 43.1 Å². The third-order valence-electron chi connectivity index (χ3n) is 3.75. The lowest BCUT2D eigenvalue weighted by atomic mass is 10.1. The van der Waals surface area contributed by atoms with E-state index in [0.717, 1.165) is 30.7 Å². The maximum atomic E-state index is 12.1. The minimum absolute atomic E-state index is 0.210. The highest BCUT2D eigenvalue weighted by atomic mass is 32.2. The van der Waals surface area contributed by atoms with Crippen molar-refractivity contribution in [3.05, 3.63) is 24.3 Å². The van der Waals surface area contributed by atoms with Gasteiger partial charge in [0.05, 0.1) is 11.4 Å². The van der Waals surface area contributed by atoms with Gasteiger partial charge in [0, 0.05) is 13.1 Å². The molecule has 140 valence electrons. The van der Waals surface area contributed by atoms with Crippen molar-refractivity contribution in [3.8, 4) is 5.75 Å². The van der Waals surface area contributed by atoms with Crippen LogP contribution in [0.4, 0.5) is 13.2 Å². The average Bonchev–Trinajstić information content (AvgIpc) is 3.01. The van der Waals surface area contributed by atoms with E-state index in [1.807, 2.05) is 0 Å². The van der Waals surface area contributed by atoms with Crippen LogP contribution in [0.5, 0.6) is 5.75 Å². The topological polar surface area (TPSA) is 102 Å². The zero-order valence-corrected chi connectivity index (χ0v) is 13.9. The molecule has 1 saturated heterocycles. The highest BCUT2D eigenvalue weighted by molar-refractivity contribution is 7.89. The van der Waals surface area contributed by atoms with Crippen LogP contribution in [-0.4, -0.2) is 51.8 Å². The first-order valence-electron chi connectivity index (χ1n) is 7.44. The van der Waals surface area contributed by atoms with Crippen molar-refractivity contribution in [2.24, 2.45) is 11.7 Å². The molecule has 3 N–H and O–H groups in total. The second-order valence-corrected chi connectivity index (χ2v) is 7.34. The summed E-state index contributed by atoms with van der Waals surface area (Å²) in [6, 6.07) is 3.70. The molecule has 1 aromatic rings. The second kappa shape index (κ2) is 7.58. The summed E-state index contributed by atoms with van der Waals surface area (Å²) in [6.45, 7) is 1.04. The molecule has 0 aromatic heterocycles. The molecule has 1 fully saturated rings. The normalized spacial score (nSPS) is 18.4. The summed E-state index contributed by atoms with van der Waals surface area (Å²) in [5.74, 6) is -0.703. The number of alkyl halides is 3. The van der Waals surface area contributed by atoms with Gasteiger partial charge in [0.15, 0.2) is 0 Å². The van der Waals surface area contributed by atoms with Gasteiger partial charge in [-0.3, -0.25) is 4.79 Å². The van der Waals surface area contributed by atoms with Crippen LogP contribution in [-0.2, 0) is 14.8 Å². The number of amides is 1. The summed E-state index contributed by atoms with van der Waals surface area (Å²) in [6.07, 6.45) is -4.09. The zero-order valence-electron chi connectivity index (χ0n) is 13.1. The van der Waals surface area contributed by atoms with Crippen molar-refractivity contribution in [2.75, 3.05) is 26.2 Å². The standard InChI is InChI=1S/C14H18F3N3O4S/c15-14(16,17)24-11-1-3-12(4-2-11)25(22,23)19-8-13(21)20-6-5-10(7-18)9-20/h1-4,10,19H,5-9,18H2. The SMILES string of the molecule is NCC1CCN(C(=O)CNS(=O)(=O)c2ccc(OC(F)(F)F)cc2)C1. The number of ether oxygens (including phenoxy) is 1. The van der Waals surface area contributed by atoms with Crippen LogP contribution in [0, 0.1) is 5.92 Å². The predicted molar refractivity (Wildman–Crippen MR) is 82.1 cm³/mol. The first-order valence-corrected chi connectivity index (χ1v) is 8.92. The molecule has 0 bridgehead atoms. The number of carbonyl (C=O) groups excluding carboxylic acids is 1. The van der Waals surface area contributed by atoms with Crippen LogP contribution < -0.4 is 15.2 Å². The first kappa shape index (κ1) is 19.5. The van der Waals surface area contributed by atoms with Crippen molar-refractivity contribution in [3.63, 3.8) is 0 Å². The Morgan fingerprint density at radius 1 is 1.32 bits per heavy atom. The Kier molecular flexibility index (Phi) is 5.91. The summed E-state index contributed by atoms with van der Waals surface area (Å²) >= 11 is 0. The van der Waals surface area contributed by atoms with Crippen molar-refractivity contribution in [2.45, 2.75) is 17.7 Å². The summed E-state index contributed by atoms with van der Waals surface area (Å²) < 4.78 is 66.3. The number of carbonyl (C=O) groups is 1. The van der Waals surface area contributed by atoms with Crippen LogP contribution in [0.1, 0.15) is 6.42 Å². The number of halogens is 3. The fraction of sp³-hybridized carbons (Fsp3) is 0.500. The molecule has 1 atom stereocenters. The molecule has 0 saturated carbocycles. The Labute approximate surface area is 143 Å². The third kappa shape index (κ3) is 5.58. The van der Waals surface area contributed by atoms with Crippen LogP contribution in [0.2, 0.25) is 0 Å². The molecule has 1 aliphatic heterocycles. The van der Waals surface area contributed by atoms with E-state index in [-0.39, 0.29) is 16.7 Å². The third-order valence-corrected chi connectivity index (χ3v) is 5.17. The number of hydrogen-bond acceptors (Lipinski definition) is 5. The fourth-order valence-electron chi connectivity index (χ4n) is 2.42. The lowest BCUT2D eigenvalue weighted by Crippen LogP contribution is -2.39. The van der Waals surface area contributed by atoms with Crippen molar-refractivity contribution < 1.29 is 31.1 Å². The number of nitrogens with one attached hydrogen (secondary N) is 1. The van der Waals surface area contributed by atoms with Crippen LogP contribution in [0.15, 0.2) is 29.2 Å². The zero-order chi connectivity index (χ0) is 18.7. The highest BCUT2D eigenvalue weighted by Crippen LogP contribution is 2.23. The Morgan fingerprint density at radius 3 is 2.48 bits per heavy atom. The quantitative estimate of drug-likeness (QED) is 0.754. The summed E-state index contributed by atoms with van der Waals surface area (Å²) in [5, 5.41) is 0. The van der Waals surface area contributed by atoms with Gasteiger partial charge in [0.1, 0.15) is 5.75 Å². The Bertz CT molecular complexity index is 707. The van der Waals surface area contributed by atoms with Crippen LogP contribution in [0.25, 0.3) is 0 Å². The van der Waals surface area contributed by atoms with E-state index in [2.05, 4.69) is 9.46 Å². The van der Waals surface area contributed by atoms with E-state index in [1.165, 1.54) is 4.90 Å². The van der Waals surface area contributed by atoms with E-state index in [1.54, 1.807) is 0 Å². The van der Waals surface area contributed by atoms with E-state index in [9.17, 15) is 26.4 Å². The number of rotatable bonds is 6. The largest absolute Gasteiger partial charge is 0.573 e. The molecule has 7 nitrogen and oxygen atoms in total. The van der Waals surface area contributed by atoms with E-state index in [4.69, 9.17) is 5.73 Å². The van der Waals surface area contributed by atoms with Crippen LogP contribution >= 0.6 is 0 Å². The number of likely N-dealkylation sites (tertiary alicyclic amines) is 1.